The topological polar surface area (TPSA) is 87.0 Å². The molecule has 2 aromatic heterocycles. The molecule has 1 saturated heterocycles. The van der Waals surface area contributed by atoms with Gasteiger partial charge in [0.1, 0.15) is 11.7 Å². The van der Waals surface area contributed by atoms with Gasteiger partial charge in [-0.15, -0.1) is 16.9 Å². The van der Waals surface area contributed by atoms with Crippen molar-refractivity contribution in [2.45, 2.75) is 17.1 Å². The van der Waals surface area contributed by atoms with Crippen molar-refractivity contribution in [2.75, 3.05) is 18.2 Å². The van der Waals surface area contributed by atoms with Crippen molar-refractivity contribution in [3.05, 3.63) is 78.6 Å². The maximum absolute atomic E-state index is 4.55. The molecule has 5 aromatic rings. The van der Waals surface area contributed by atoms with E-state index in [1.165, 1.54) is 21.6 Å². The second kappa shape index (κ2) is 8.71. The van der Waals surface area contributed by atoms with E-state index in [1.807, 2.05) is 22.9 Å². The zero-order valence-electron chi connectivity index (χ0n) is 18.6. The Bertz CT molecular complexity index is 1550. The first-order valence-corrected chi connectivity index (χ1v) is 12.8. The molecule has 0 bridgehead atoms. The molecular weight excluding hydrogens is 464 g/mol. The minimum absolute atomic E-state index is 0.0818. The summed E-state index contributed by atoms with van der Waals surface area (Å²) in [7, 11) is 1.80. The second-order valence-electron chi connectivity index (χ2n) is 7.88. The zero-order chi connectivity index (χ0) is 23.1. The molecule has 6 rings (SSSR count). The molecule has 1 aliphatic rings. The van der Waals surface area contributed by atoms with E-state index in [-0.39, 0.29) is 12.2 Å². The molecule has 3 heterocycles. The third kappa shape index (κ3) is 3.51. The van der Waals surface area contributed by atoms with Crippen molar-refractivity contribution in [3.63, 3.8) is 0 Å². The zero-order valence-corrected chi connectivity index (χ0v) is 20.2. The number of anilines is 1. The molecule has 0 amide bonds. The van der Waals surface area contributed by atoms with Crippen LogP contribution in [-0.2, 0) is 11.1 Å². The Labute approximate surface area is 204 Å². The predicted octanol–water partition coefficient (Wildman–Crippen LogP) is 4.36. The lowest BCUT2D eigenvalue weighted by atomic mass is 10.0. The van der Waals surface area contributed by atoms with Crippen molar-refractivity contribution in [1.29, 1.82) is 0 Å². The van der Waals surface area contributed by atoms with E-state index in [9.17, 15) is 0 Å². The number of thioether (sulfide) groups is 1. The number of nitrogens with one attached hydrogen (secondary N) is 2. The van der Waals surface area contributed by atoms with E-state index in [4.69, 9.17) is 0 Å². The molecule has 8 nitrogen and oxygen atoms in total. The lowest BCUT2D eigenvalue weighted by Crippen LogP contribution is -2.31. The molecule has 0 spiro atoms. The minimum Gasteiger partial charge on any atom is -0.345 e. The van der Waals surface area contributed by atoms with Crippen molar-refractivity contribution in [3.8, 4) is 0 Å². The highest BCUT2D eigenvalue weighted by atomic mass is 32.2. The quantitative estimate of drug-likeness (QED) is 0.290. The number of hydrogen-bond donors (Lipinski definition) is 2. The number of rotatable bonds is 4. The van der Waals surface area contributed by atoms with Gasteiger partial charge in [0.05, 0.1) is 28.9 Å². The monoisotopic (exact) mass is 486 g/mol. The lowest BCUT2D eigenvalue weighted by molar-refractivity contribution is 0.396. The largest absolute Gasteiger partial charge is 0.345 e. The molecule has 34 heavy (non-hydrogen) atoms. The fourth-order valence-electron chi connectivity index (χ4n) is 4.47. The number of fused-ring (bicyclic) bond motifs is 2. The molecule has 3 aromatic carbocycles. The van der Waals surface area contributed by atoms with E-state index < -0.39 is 0 Å². The van der Waals surface area contributed by atoms with Crippen LogP contribution in [0.4, 0.5) is 5.69 Å². The van der Waals surface area contributed by atoms with Gasteiger partial charge in [-0.3, -0.25) is 0 Å². The number of aromatic nitrogens is 5. The highest BCUT2D eigenvalue weighted by Gasteiger charge is 2.42. The highest BCUT2D eigenvalue weighted by Crippen LogP contribution is 2.40. The minimum atomic E-state index is -0.188. The summed E-state index contributed by atoms with van der Waals surface area (Å²) in [5, 5.41) is 13.6. The van der Waals surface area contributed by atoms with Gasteiger partial charge in [0, 0.05) is 17.6 Å². The number of benzene rings is 3. The van der Waals surface area contributed by atoms with Gasteiger partial charge in [-0.1, -0.05) is 29.5 Å². The average Bonchev–Trinajstić information content (AvgIpc) is 3.60. The van der Waals surface area contributed by atoms with Crippen LogP contribution in [0.3, 0.4) is 0 Å². The molecule has 2 unspecified atom stereocenters. The Balaban J connectivity index is 1.56. The number of imidazole rings is 1. The van der Waals surface area contributed by atoms with E-state index in [1.54, 1.807) is 25.1 Å². The van der Waals surface area contributed by atoms with Crippen molar-refractivity contribution in [2.24, 2.45) is 4.36 Å². The summed E-state index contributed by atoms with van der Waals surface area (Å²) in [4.78, 5) is 11.2. The highest BCUT2D eigenvalue weighted by molar-refractivity contribution is 7.98. The first-order valence-electron chi connectivity index (χ1n) is 10.8. The van der Waals surface area contributed by atoms with Gasteiger partial charge in [-0.2, -0.15) is 0 Å². The molecule has 0 radical (unpaired) electrons. The molecule has 0 aliphatic carbocycles. The van der Waals surface area contributed by atoms with E-state index in [2.05, 4.69) is 89.6 Å². The van der Waals surface area contributed by atoms with Crippen LogP contribution in [0.5, 0.6) is 0 Å². The van der Waals surface area contributed by atoms with E-state index in [0.717, 1.165) is 32.9 Å². The van der Waals surface area contributed by atoms with E-state index >= 15 is 0 Å². The third-order valence-electron chi connectivity index (χ3n) is 6.03. The molecule has 1 aliphatic heterocycles. The molecule has 2 atom stereocenters. The molecule has 0 saturated carbocycles. The maximum atomic E-state index is 4.55. The first kappa shape index (κ1) is 21.1. The van der Waals surface area contributed by atoms with Gasteiger partial charge in [0.2, 0.25) is 0 Å². The van der Waals surface area contributed by atoms with Gasteiger partial charge in [0.25, 0.3) is 0 Å². The summed E-state index contributed by atoms with van der Waals surface area (Å²) in [5.74, 6) is 0. The summed E-state index contributed by atoms with van der Waals surface area (Å²) < 4.78 is 6.36. The van der Waals surface area contributed by atoms with Crippen molar-refractivity contribution in [1.82, 2.24) is 30.3 Å². The number of aromatic amines is 1. The van der Waals surface area contributed by atoms with Crippen molar-refractivity contribution >= 4 is 55.8 Å². The standard InChI is InChI=1S/C24H22N8S2/c1-25-34-24-28-23(32-21-6-4-3-5-19(21)29-30-32)22(15-7-10-17(33-2)11-8-15)31(24)16-9-12-18-20(13-16)27-14-26-18/h3-14,22-23,28H,1-2H3,(H,26,27). The molecule has 1 fully saturated rings. The number of H-pyrrole nitrogens is 1. The fourth-order valence-corrected chi connectivity index (χ4v) is 5.53. The molecule has 170 valence electrons. The summed E-state index contributed by atoms with van der Waals surface area (Å²) in [6, 6.07) is 23.0. The number of hydrogen-bond acceptors (Lipinski definition) is 5. The van der Waals surface area contributed by atoms with Gasteiger partial charge >= 0.3 is 0 Å². The first-order chi connectivity index (χ1) is 16.8. The molecule has 10 heteroatoms. The second-order valence-corrected chi connectivity index (χ2v) is 9.70. The number of para-hydroxylation sites is 1. The Hall–Kier alpha value is -3.47. The van der Waals surface area contributed by atoms with Crippen LogP contribution < -0.4 is 10.2 Å². The lowest BCUT2D eigenvalue weighted by Gasteiger charge is -2.29. The van der Waals surface area contributed by atoms with Crippen molar-refractivity contribution < 1.29 is 0 Å². The van der Waals surface area contributed by atoms with Gasteiger partial charge in [-0.05, 0) is 65.4 Å². The predicted molar refractivity (Wildman–Crippen MR) is 140 cm³/mol. The smallest absolute Gasteiger partial charge is 0.162 e. The van der Waals surface area contributed by atoms with Gasteiger partial charge in [-0.25, -0.2) is 19.3 Å². The molecular formula is C24H22N8S2. The maximum Gasteiger partial charge on any atom is 0.162 e. The van der Waals surface area contributed by atoms with E-state index in [0.29, 0.717) is 0 Å². The Morgan fingerprint density at radius 1 is 1.00 bits per heavy atom. The van der Waals surface area contributed by atoms with Crippen LogP contribution in [-0.4, -0.2) is 43.4 Å². The summed E-state index contributed by atoms with van der Waals surface area (Å²) >= 11 is 3.16. The van der Waals surface area contributed by atoms with Crippen LogP contribution in [0.15, 0.2) is 82.3 Å². The average molecular weight is 487 g/mol. The van der Waals surface area contributed by atoms with Gasteiger partial charge < -0.3 is 9.88 Å². The summed E-state index contributed by atoms with van der Waals surface area (Å²) in [5.41, 5.74) is 5.97. The molecule has 2 N–H and O–H groups in total. The van der Waals surface area contributed by atoms with Crippen LogP contribution in [0.25, 0.3) is 22.1 Å². The normalized spacial score (nSPS) is 18.2. The van der Waals surface area contributed by atoms with Crippen LogP contribution in [0, 0.1) is 0 Å². The van der Waals surface area contributed by atoms with Gasteiger partial charge in [0.15, 0.2) is 5.11 Å². The van der Waals surface area contributed by atoms with Crippen LogP contribution >= 0.6 is 11.8 Å². The Morgan fingerprint density at radius 2 is 1.85 bits per heavy atom. The summed E-state index contributed by atoms with van der Waals surface area (Å²) in [6.45, 7) is 0. The SMILES string of the molecule is CN=S=C1NC(n2nnc3ccccc32)C(c2ccc(SC)cc2)N1c1ccc2[nH]cnc2c1. The third-order valence-corrected chi connectivity index (χ3v) is 7.44. The van der Waals surface area contributed by atoms with Crippen LogP contribution in [0.1, 0.15) is 17.8 Å². The summed E-state index contributed by atoms with van der Waals surface area (Å²) in [6.07, 6.45) is 3.62. The number of nitrogens with zero attached hydrogens (tertiary/aromatic N) is 6. The Kier molecular flexibility index (Phi) is 5.40. The fraction of sp³-hybridized carbons (Fsp3) is 0.167. The van der Waals surface area contributed by atoms with Crippen LogP contribution in [0.2, 0.25) is 0 Å². The Morgan fingerprint density at radius 3 is 2.68 bits per heavy atom.